The number of nitrogens with one attached hydrogen (secondary N) is 1. The number of aldehydes is 1. The highest BCUT2D eigenvalue weighted by Gasteiger charge is 2.15. The van der Waals surface area contributed by atoms with Crippen LogP contribution >= 0.6 is 0 Å². The second-order valence-electron chi connectivity index (χ2n) is 5.34. The molecule has 4 rings (SSSR count). The number of halogens is 2. The van der Waals surface area contributed by atoms with Crippen molar-refractivity contribution < 1.29 is 33.0 Å². The Morgan fingerprint density at radius 2 is 1.94 bits per heavy atom. The van der Waals surface area contributed by atoms with Crippen molar-refractivity contribution in [2.75, 3.05) is 32.4 Å². The molecule has 1 aliphatic heterocycles. The molecule has 1 aliphatic rings. The van der Waals surface area contributed by atoms with Crippen molar-refractivity contribution in [1.29, 1.82) is 0 Å². The lowest BCUT2D eigenvalue weighted by atomic mass is 10.1. The number of aliphatic hydroxyl groups excluding tert-OH is 2. The van der Waals surface area contributed by atoms with Gasteiger partial charge in [0.15, 0.2) is 12.5 Å². The molecule has 0 bridgehead atoms. The molecule has 2 aromatic heterocycles. The van der Waals surface area contributed by atoms with E-state index in [0.29, 0.717) is 31.0 Å². The van der Waals surface area contributed by atoms with Crippen molar-refractivity contribution in [3.63, 3.8) is 0 Å². The fourth-order valence-electron chi connectivity index (χ4n) is 2.25. The van der Waals surface area contributed by atoms with E-state index in [-0.39, 0.29) is 17.9 Å². The third kappa shape index (κ3) is 7.95. The van der Waals surface area contributed by atoms with Crippen LogP contribution in [0.3, 0.4) is 0 Å². The average Bonchev–Trinajstić information content (AvgIpc) is 3.34. The van der Waals surface area contributed by atoms with Crippen LogP contribution in [0.2, 0.25) is 0 Å². The van der Waals surface area contributed by atoms with Gasteiger partial charge >= 0.3 is 0 Å². The molecule has 31 heavy (non-hydrogen) atoms. The van der Waals surface area contributed by atoms with Crippen molar-refractivity contribution in [3.05, 3.63) is 59.1 Å². The van der Waals surface area contributed by atoms with Crippen LogP contribution < -0.4 is 15.6 Å². The van der Waals surface area contributed by atoms with Gasteiger partial charge in [0, 0.05) is 25.3 Å². The number of anilines is 1. The Morgan fingerprint density at radius 3 is 2.52 bits per heavy atom. The zero-order valence-electron chi connectivity index (χ0n) is 16.6. The van der Waals surface area contributed by atoms with Crippen LogP contribution in [-0.2, 0) is 11.3 Å². The van der Waals surface area contributed by atoms with E-state index in [9.17, 15) is 18.4 Å². The molecule has 3 heterocycles. The summed E-state index contributed by atoms with van der Waals surface area (Å²) < 4.78 is 33.4. The molecular formula is C19H22F2N4O6. The molecule has 0 atom stereocenters. The predicted molar refractivity (Wildman–Crippen MR) is 107 cm³/mol. The van der Waals surface area contributed by atoms with Crippen molar-refractivity contribution in [1.82, 2.24) is 14.7 Å². The number of alkyl halides is 1. The number of nitrogens with zero attached hydrogens (tertiary/aromatic N) is 3. The number of hydrogen-bond acceptors (Lipinski definition) is 9. The van der Waals surface area contributed by atoms with Gasteiger partial charge in [0.05, 0.1) is 6.54 Å². The molecule has 0 spiro atoms. The molecule has 0 amide bonds. The number of aromatic nitrogens is 3. The SMILES string of the molecule is CO.Fc1ccc(-c2ccon2)cc1.O=CCn1cnc2c(c1=O)NCCO2.OCF. The summed E-state index contributed by atoms with van der Waals surface area (Å²) >= 11 is 0. The molecule has 10 nitrogen and oxygen atoms in total. The number of carbonyl (C=O) groups excluding carboxylic acids is 1. The van der Waals surface area contributed by atoms with E-state index in [1.807, 2.05) is 0 Å². The minimum absolute atomic E-state index is 0.0147. The van der Waals surface area contributed by atoms with E-state index in [0.717, 1.165) is 18.4 Å². The lowest BCUT2D eigenvalue weighted by Crippen LogP contribution is -2.30. The monoisotopic (exact) mass is 440 g/mol. The van der Waals surface area contributed by atoms with Crippen LogP contribution in [0.4, 0.5) is 14.5 Å². The summed E-state index contributed by atoms with van der Waals surface area (Å²) in [5, 5.41) is 20.5. The second kappa shape index (κ2) is 14.4. The second-order valence-corrected chi connectivity index (χ2v) is 5.34. The van der Waals surface area contributed by atoms with Crippen molar-refractivity contribution >= 4 is 12.0 Å². The van der Waals surface area contributed by atoms with Crippen LogP contribution in [0.15, 0.2) is 52.2 Å². The topological polar surface area (TPSA) is 140 Å². The van der Waals surface area contributed by atoms with E-state index >= 15 is 0 Å². The van der Waals surface area contributed by atoms with E-state index in [2.05, 4.69) is 20.0 Å². The first kappa shape index (κ1) is 25.4. The summed E-state index contributed by atoms with van der Waals surface area (Å²) in [6, 6.07) is 7.83. The van der Waals surface area contributed by atoms with Crippen LogP contribution in [0.1, 0.15) is 0 Å². The normalized spacial score (nSPS) is 10.9. The van der Waals surface area contributed by atoms with E-state index in [1.165, 1.54) is 29.3 Å². The van der Waals surface area contributed by atoms with Crippen LogP contribution in [0, 0.1) is 5.82 Å². The Hall–Kier alpha value is -3.64. The van der Waals surface area contributed by atoms with Crippen molar-refractivity contribution in [2.24, 2.45) is 0 Å². The van der Waals surface area contributed by atoms with Gasteiger partial charge < -0.3 is 29.6 Å². The molecule has 0 fully saturated rings. The summed E-state index contributed by atoms with van der Waals surface area (Å²) in [5.41, 5.74) is 1.63. The number of rotatable bonds is 3. The number of benzene rings is 1. The first-order chi connectivity index (χ1) is 15.1. The Bertz CT molecular complexity index is 949. The van der Waals surface area contributed by atoms with Crippen molar-refractivity contribution in [3.8, 4) is 17.1 Å². The lowest BCUT2D eigenvalue weighted by molar-refractivity contribution is -0.108. The molecule has 12 heteroatoms. The Morgan fingerprint density at radius 1 is 1.26 bits per heavy atom. The fraction of sp³-hybridized carbons (Fsp3) is 0.263. The number of ether oxygens (including phenoxy) is 1. The molecular weight excluding hydrogens is 418 g/mol. The maximum absolute atomic E-state index is 12.5. The molecule has 0 saturated carbocycles. The Balaban J connectivity index is 0.000000259. The maximum Gasteiger partial charge on any atom is 0.281 e. The third-order valence-electron chi connectivity index (χ3n) is 3.49. The minimum atomic E-state index is -1.25. The molecule has 0 radical (unpaired) electrons. The molecule has 1 aromatic carbocycles. The molecule has 0 saturated heterocycles. The van der Waals surface area contributed by atoms with Gasteiger partial charge in [0.2, 0.25) is 5.88 Å². The largest absolute Gasteiger partial charge is 0.474 e. The molecule has 0 unspecified atom stereocenters. The Kier molecular flexibility index (Phi) is 11.8. The highest BCUT2D eigenvalue weighted by Crippen LogP contribution is 2.18. The first-order valence-corrected chi connectivity index (χ1v) is 8.78. The summed E-state index contributed by atoms with van der Waals surface area (Å²) in [6.45, 7) is -0.160. The van der Waals surface area contributed by atoms with Gasteiger partial charge in [-0.25, -0.2) is 13.8 Å². The number of carbonyl (C=O) groups is 1. The van der Waals surface area contributed by atoms with Crippen LogP contribution in [-0.4, -0.2) is 58.3 Å². The number of hydrogen-bond donors (Lipinski definition) is 3. The molecule has 3 aromatic rings. The quantitative estimate of drug-likeness (QED) is 0.513. The van der Waals surface area contributed by atoms with Gasteiger partial charge in [0.25, 0.3) is 5.56 Å². The Labute approximate surface area is 175 Å². The minimum Gasteiger partial charge on any atom is -0.474 e. The summed E-state index contributed by atoms with van der Waals surface area (Å²) in [6.07, 6.45) is 3.44. The third-order valence-corrected chi connectivity index (χ3v) is 3.49. The molecule has 3 N–H and O–H groups in total. The van der Waals surface area contributed by atoms with Crippen LogP contribution in [0.25, 0.3) is 11.3 Å². The van der Waals surface area contributed by atoms with Crippen molar-refractivity contribution in [2.45, 2.75) is 6.54 Å². The highest BCUT2D eigenvalue weighted by atomic mass is 19.1. The zero-order valence-corrected chi connectivity index (χ0v) is 16.6. The van der Waals surface area contributed by atoms with Crippen LogP contribution in [0.5, 0.6) is 5.88 Å². The van der Waals surface area contributed by atoms with E-state index in [4.69, 9.17) is 14.9 Å². The first-order valence-electron chi connectivity index (χ1n) is 8.78. The zero-order chi connectivity index (χ0) is 23.1. The standard InChI is InChI=1S/C9H6FNO.C8H9N3O3.CH3FO.CH4O/c10-8-3-1-7(2-4-8)9-5-6-12-11-9;12-3-2-11-5-10-7-6(8(11)13)9-1-4-14-7;2-1-3;1-2/h1-6H;3,5,9H,1-2,4H2;3H,1H2;2H,1H3. The van der Waals surface area contributed by atoms with Gasteiger partial charge in [-0.15, -0.1) is 0 Å². The maximum atomic E-state index is 12.5. The van der Waals surface area contributed by atoms with Gasteiger partial charge in [0.1, 0.15) is 37.0 Å². The number of fused-ring (bicyclic) bond motifs is 1. The van der Waals surface area contributed by atoms with Gasteiger partial charge in [-0.1, -0.05) is 5.16 Å². The average molecular weight is 440 g/mol. The van der Waals surface area contributed by atoms with E-state index in [1.54, 1.807) is 18.2 Å². The number of aliphatic hydroxyl groups is 2. The lowest BCUT2D eigenvalue weighted by Gasteiger charge is -2.17. The summed E-state index contributed by atoms with van der Waals surface area (Å²) in [4.78, 5) is 25.8. The smallest absolute Gasteiger partial charge is 0.281 e. The summed E-state index contributed by atoms with van der Waals surface area (Å²) in [5.74, 6) is 0.0608. The summed E-state index contributed by atoms with van der Waals surface area (Å²) in [7, 11) is 1.00. The molecule has 0 aliphatic carbocycles. The predicted octanol–water partition coefficient (Wildman–Crippen LogP) is 1.24. The highest BCUT2D eigenvalue weighted by molar-refractivity contribution is 5.57. The molecule has 168 valence electrons. The fourth-order valence-corrected chi connectivity index (χ4v) is 2.25. The van der Waals surface area contributed by atoms with E-state index < -0.39 is 6.86 Å². The van der Waals surface area contributed by atoms with Gasteiger partial charge in [-0.3, -0.25) is 9.36 Å². The van der Waals surface area contributed by atoms with Gasteiger partial charge in [-0.2, -0.15) is 0 Å². The van der Waals surface area contributed by atoms with Gasteiger partial charge in [-0.05, 0) is 24.3 Å².